The van der Waals surface area contributed by atoms with Crippen molar-refractivity contribution in [3.63, 3.8) is 0 Å². The molecule has 0 atom stereocenters. The molecule has 0 unspecified atom stereocenters. The van der Waals surface area contributed by atoms with Crippen LogP contribution in [-0.2, 0) is 17.1 Å². The van der Waals surface area contributed by atoms with Gasteiger partial charge in [-0.25, -0.2) is 0 Å². The summed E-state index contributed by atoms with van der Waals surface area (Å²) in [5, 5.41) is 1.23. The monoisotopic (exact) mass is 198 g/mol. The van der Waals surface area contributed by atoms with Gasteiger partial charge in [-0.05, 0) is 0 Å². The summed E-state index contributed by atoms with van der Waals surface area (Å²) < 4.78 is 0. The van der Waals surface area contributed by atoms with Crippen LogP contribution in [0.3, 0.4) is 0 Å². The Hall–Kier alpha value is 0.779. The molecule has 0 nitrogen and oxygen atoms in total. The maximum Gasteiger partial charge on any atom is 1.00 e. The van der Waals surface area contributed by atoms with Crippen molar-refractivity contribution in [2.75, 3.05) is 0 Å². The van der Waals surface area contributed by atoms with Crippen LogP contribution in [0.2, 0.25) is 5.32 Å². The zero-order chi connectivity index (χ0) is 4.12. The molecule has 0 aromatic carbocycles. The van der Waals surface area contributed by atoms with Gasteiger partial charge in [0.2, 0.25) is 0 Å². The van der Waals surface area contributed by atoms with E-state index in [9.17, 15) is 0 Å². The second kappa shape index (κ2) is 9.24. The normalized spacial score (nSPS) is 6.17. The van der Waals surface area contributed by atoms with E-state index in [0.29, 0.717) is 15.0 Å². The molecule has 0 N–H and O–H groups in total. The van der Waals surface area contributed by atoms with E-state index in [-0.39, 0.29) is 17.1 Å². The Bertz CT molecular complexity index is 28.7. The van der Waals surface area contributed by atoms with Crippen LogP contribution in [0.15, 0.2) is 4.97 Å². The van der Waals surface area contributed by atoms with Crippen molar-refractivity contribution in [3.8, 4) is 0 Å². The molecule has 0 rings (SSSR count). The molecule has 0 aromatic heterocycles. The Balaban J connectivity index is 0. The van der Waals surface area contributed by atoms with Crippen LogP contribution >= 0.6 is 0 Å². The molecule has 0 spiro atoms. The molecule has 0 saturated heterocycles. The first kappa shape index (κ1) is 9.91. The number of hydrogen-bond acceptors (Lipinski definition) is 0. The summed E-state index contributed by atoms with van der Waals surface area (Å²) in [6.45, 7) is 7.17. The third kappa shape index (κ3) is 8.84. The zero-order valence-corrected chi connectivity index (χ0v) is 6.23. The fourth-order valence-electron chi connectivity index (χ4n) is 0.0962. The van der Waals surface area contributed by atoms with Gasteiger partial charge in [0.05, 0.1) is 0 Å². The Morgan fingerprint density at radius 2 is 2.33 bits per heavy atom. The van der Waals surface area contributed by atoms with Crippen LogP contribution in [0.4, 0.5) is 0 Å². The number of hydrogen-bond donors (Lipinski definition) is 0. The molecule has 0 aliphatic rings. The van der Waals surface area contributed by atoms with Gasteiger partial charge in [0.25, 0.3) is 0 Å². The predicted molar refractivity (Wildman–Crippen MR) is 25.1 cm³/mol. The SMILES string of the molecule is [CH-]=C[Se]CC.[Cu+]. The van der Waals surface area contributed by atoms with Crippen molar-refractivity contribution < 1.29 is 17.1 Å². The predicted octanol–water partition coefficient (Wildman–Crippen LogP) is 1.07. The molecule has 0 bridgehead atoms. The molecule has 6 heavy (non-hydrogen) atoms. The molecular formula is C4H7CuSe. The van der Waals surface area contributed by atoms with Gasteiger partial charge in [-0.1, -0.05) is 0 Å². The maximum atomic E-state index is 5.04. The van der Waals surface area contributed by atoms with Crippen LogP contribution in [0.1, 0.15) is 6.92 Å². The molecule has 0 fully saturated rings. The molecule has 40 valence electrons. The van der Waals surface area contributed by atoms with Crippen LogP contribution in [0, 0.1) is 6.58 Å². The first-order valence-corrected chi connectivity index (χ1v) is 3.77. The summed E-state index contributed by atoms with van der Waals surface area (Å²) in [4.78, 5) is 1.74. The first-order chi connectivity index (χ1) is 2.41. The Labute approximate surface area is 56.0 Å². The Morgan fingerprint density at radius 1 is 1.83 bits per heavy atom. The Morgan fingerprint density at radius 3 is 2.33 bits per heavy atom. The van der Waals surface area contributed by atoms with Crippen molar-refractivity contribution in [1.82, 2.24) is 0 Å². The van der Waals surface area contributed by atoms with Gasteiger partial charge in [0.1, 0.15) is 0 Å². The summed E-state index contributed by atoms with van der Waals surface area (Å²) >= 11 is 0.611. The van der Waals surface area contributed by atoms with Gasteiger partial charge in [-0.3, -0.25) is 0 Å². The smallest absolute Gasteiger partial charge is 1.00 e. The van der Waals surface area contributed by atoms with E-state index in [2.05, 4.69) is 6.92 Å². The van der Waals surface area contributed by atoms with Crippen molar-refractivity contribution in [2.24, 2.45) is 0 Å². The van der Waals surface area contributed by atoms with Gasteiger partial charge in [-0.2, -0.15) is 0 Å². The van der Waals surface area contributed by atoms with E-state index >= 15 is 0 Å². The minimum absolute atomic E-state index is 0. The van der Waals surface area contributed by atoms with Crippen LogP contribution in [-0.4, -0.2) is 15.0 Å². The third-order valence-corrected chi connectivity index (χ3v) is 1.37. The summed E-state index contributed by atoms with van der Waals surface area (Å²) in [5.41, 5.74) is 0. The van der Waals surface area contributed by atoms with E-state index in [1.165, 1.54) is 5.32 Å². The second-order valence-electron chi connectivity index (χ2n) is 0.591. The minimum Gasteiger partial charge on any atom is 1.00 e. The molecule has 0 aliphatic heterocycles. The standard InChI is InChI=1S/C4H7Se.Cu/c1-3-5-4-2;/h1,3H,4H2,2H3;/q-1;+1. The molecule has 0 aliphatic carbocycles. The topological polar surface area (TPSA) is 0 Å². The van der Waals surface area contributed by atoms with Gasteiger partial charge < -0.3 is 0 Å². The summed E-state index contributed by atoms with van der Waals surface area (Å²) in [6.07, 6.45) is 0. The van der Waals surface area contributed by atoms with Crippen molar-refractivity contribution >= 4 is 15.0 Å². The quantitative estimate of drug-likeness (QED) is 0.459. The van der Waals surface area contributed by atoms with E-state index in [4.69, 9.17) is 6.58 Å². The van der Waals surface area contributed by atoms with E-state index in [1.54, 1.807) is 4.97 Å². The van der Waals surface area contributed by atoms with Crippen LogP contribution in [0.25, 0.3) is 0 Å². The molecular weight excluding hydrogens is 191 g/mol. The summed E-state index contributed by atoms with van der Waals surface area (Å²) in [5.74, 6) is 0. The zero-order valence-electron chi connectivity index (χ0n) is 3.57. The van der Waals surface area contributed by atoms with E-state index in [0.717, 1.165) is 0 Å². The van der Waals surface area contributed by atoms with Gasteiger partial charge >= 0.3 is 55.8 Å². The van der Waals surface area contributed by atoms with Crippen molar-refractivity contribution in [3.05, 3.63) is 11.6 Å². The van der Waals surface area contributed by atoms with Crippen LogP contribution in [0.5, 0.6) is 0 Å². The average Bonchev–Trinajstić information content (AvgIpc) is 1.41. The van der Waals surface area contributed by atoms with Gasteiger partial charge in [0.15, 0.2) is 0 Å². The van der Waals surface area contributed by atoms with E-state index < -0.39 is 0 Å². The third-order valence-electron chi connectivity index (χ3n) is 0.263. The maximum absolute atomic E-state index is 5.04. The second-order valence-corrected chi connectivity index (χ2v) is 3.07. The van der Waals surface area contributed by atoms with Gasteiger partial charge in [-0.15, -0.1) is 0 Å². The largest absolute Gasteiger partial charge is 1.00 e. The fraction of sp³-hybridized carbons (Fsp3) is 0.500. The summed E-state index contributed by atoms with van der Waals surface area (Å²) in [6, 6.07) is 0. The molecule has 0 aromatic rings. The molecule has 0 heterocycles. The average molecular weight is 198 g/mol. The summed E-state index contributed by atoms with van der Waals surface area (Å²) in [7, 11) is 0. The molecule has 0 amide bonds. The first-order valence-electron chi connectivity index (χ1n) is 1.56. The van der Waals surface area contributed by atoms with Crippen LogP contribution < -0.4 is 0 Å². The fourth-order valence-corrected chi connectivity index (χ4v) is 0.500. The van der Waals surface area contributed by atoms with E-state index in [1.807, 2.05) is 0 Å². The van der Waals surface area contributed by atoms with Crippen molar-refractivity contribution in [1.29, 1.82) is 0 Å². The minimum atomic E-state index is 0. The Kier molecular flexibility index (Phi) is 15.3. The molecule has 0 radical (unpaired) electrons. The number of rotatable bonds is 2. The van der Waals surface area contributed by atoms with Crippen molar-refractivity contribution in [2.45, 2.75) is 12.2 Å². The molecule has 0 saturated carbocycles. The molecule has 2 heteroatoms. The van der Waals surface area contributed by atoms with Gasteiger partial charge in [0, 0.05) is 0 Å².